The van der Waals surface area contributed by atoms with Gasteiger partial charge in [-0.2, -0.15) is 0 Å². The van der Waals surface area contributed by atoms with Gasteiger partial charge >= 0.3 is 0 Å². The maximum Gasteiger partial charge on any atom is 0.238 e. The summed E-state index contributed by atoms with van der Waals surface area (Å²) in [4.78, 5) is 12.7. The minimum Gasteiger partial charge on any atom is -0.481 e. The van der Waals surface area contributed by atoms with Gasteiger partial charge in [-0.05, 0) is 44.5 Å². The van der Waals surface area contributed by atoms with E-state index in [1.165, 1.54) is 17.8 Å². The van der Waals surface area contributed by atoms with Gasteiger partial charge in [0.1, 0.15) is 17.4 Å². The average Bonchev–Trinajstić information content (AvgIpc) is 3.18. The number of benzene rings is 2. The number of rotatable bonds is 9. The fourth-order valence-corrected chi connectivity index (χ4v) is 4.23. The second-order valence-corrected chi connectivity index (χ2v) is 8.48. The summed E-state index contributed by atoms with van der Waals surface area (Å²) in [6, 6.07) is 10.2. The number of nitrogens with zero attached hydrogens (tertiary/aromatic N) is 3. The Labute approximate surface area is 194 Å². The Kier molecular flexibility index (Phi) is 8.09. The van der Waals surface area contributed by atoms with Crippen molar-refractivity contribution in [3.05, 3.63) is 64.9 Å². The van der Waals surface area contributed by atoms with E-state index in [0.29, 0.717) is 34.7 Å². The van der Waals surface area contributed by atoms with Crippen LogP contribution in [0.5, 0.6) is 5.75 Å². The van der Waals surface area contributed by atoms with Crippen LogP contribution in [-0.4, -0.2) is 25.9 Å². The van der Waals surface area contributed by atoms with E-state index in [9.17, 15) is 13.6 Å². The highest BCUT2D eigenvalue weighted by Gasteiger charge is 2.25. The van der Waals surface area contributed by atoms with Gasteiger partial charge in [0, 0.05) is 12.6 Å². The summed E-state index contributed by atoms with van der Waals surface area (Å²) in [5.74, 6) is -0.819. The molecule has 170 valence electrons. The molecule has 6 nitrogen and oxygen atoms in total. The Balaban J connectivity index is 1.75. The number of para-hydroxylation sites is 1. The molecule has 3 aromatic rings. The number of halogens is 3. The summed E-state index contributed by atoms with van der Waals surface area (Å²) in [6.45, 7) is 6.18. The largest absolute Gasteiger partial charge is 0.481 e. The molecule has 1 amide bonds. The fourth-order valence-electron chi connectivity index (χ4n) is 3.02. The third kappa shape index (κ3) is 5.58. The lowest BCUT2D eigenvalue weighted by atomic mass is 10.2. The van der Waals surface area contributed by atoms with Crippen molar-refractivity contribution < 1.29 is 18.3 Å². The third-order valence-corrected chi connectivity index (χ3v) is 6.32. The van der Waals surface area contributed by atoms with Gasteiger partial charge in [0.25, 0.3) is 0 Å². The van der Waals surface area contributed by atoms with Crippen molar-refractivity contribution in [2.75, 3.05) is 5.32 Å². The van der Waals surface area contributed by atoms with E-state index < -0.39 is 28.9 Å². The molecule has 3 rings (SSSR count). The zero-order valence-corrected chi connectivity index (χ0v) is 19.4. The molecule has 0 fully saturated rings. The van der Waals surface area contributed by atoms with Crippen LogP contribution in [0, 0.1) is 11.6 Å². The van der Waals surface area contributed by atoms with Crippen LogP contribution in [0.4, 0.5) is 14.5 Å². The van der Waals surface area contributed by atoms with E-state index in [0.717, 1.165) is 12.1 Å². The number of hydrogen-bond acceptors (Lipinski definition) is 5. The molecule has 1 heterocycles. The molecule has 1 aromatic heterocycles. The lowest BCUT2D eigenvalue weighted by Gasteiger charge is -2.18. The van der Waals surface area contributed by atoms with Gasteiger partial charge in [0.2, 0.25) is 5.91 Å². The van der Waals surface area contributed by atoms with Crippen LogP contribution in [0.3, 0.4) is 0 Å². The number of carbonyl (C=O) groups is 1. The summed E-state index contributed by atoms with van der Waals surface area (Å²) in [5.41, 5.74) is -0.0742. The van der Waals surface area contributed by atoms with Crippen molar-refractivity contribution in [1.82, 2.24) is 14.8 Å². The van der Waals surface area contributed by atoms with E-state index in [1.807, 2.05) is 37.5 Å². The topological polar surface area (TPSA) is 69.0 Å². The SMILES string of the molecule is CCC(Sc1nnc(C(C)Oc2ccccc2Cl)n1CC)C(=O)Nc1ccc(F)cc1F. The first-order chi connectivity index (χ1) is 15.3. The maximum atomic E-state index is 13.9. The van der Waals surface area contributed by atoms with E-state index in [4.69, 9.17) is 16.3 Å². The lowest BCUT2D eigenvalue weighted by molar-refractivity contribution is -0.115. The van der Waals surface area contributed by atoms with Crippen molar-refractivity contribution >= 4 is 35.0 Å². The number of aromatic nitrogens is 3. The quantitative estimate of drug-likeness (QED) is 0.387. The molecular weight excluding hydrogens is 458 g/mol. The predicted molar refractivity (Wildman–Crippen MR) is 121 cm³/mol. The first-order valence-corrected chi connectivity index (χ1v) is 11.4. The monoisotopic (exact) mass is 480 g/mol. The molecule has 10 heteroatoms. The fraction of sp³-hybridized carbons (Fsp3) is 0.318. The van der Waals surface area contributed by atoms with Gasteiger partial charge in [-0.15, -0.1) is 10.2 Å². The maximum absolute atomic E-state index is 13.9. The van der Waals surface area contributed by atoms with Gasteiger partial charge in [0.05, 0.1) is 16.0 Å². The Bertz CT molecular complexity index is 1100. The van der Waals surface area contributed by atoms with Crippen molar-refractivity contribution in [2.45, 2.75) is 50.2 Å². The molecule has 0 spiro atoms. The molecule has 0 saturated heterocycles. The Morgan fingerprint density at radius 2 is 1.97 bits per heavy atom. The Hall–Kier alpha value is -2.65. The number of anilines is 1. The lowest BCUT2D eigenvalue weighted by Crippen LogP contribution is -2.25. The highest BCUT2D eigenvalue weighted by atomic mass is 35.5. The highest BCUT2D eigenvalue weighted by Crippen LogP contribution is 2.31. The molecule has 2 atom stereocenters. The Morgan fingerprint density at radius 1 is 1.22 bits per heavy atom. The van der Waals surface area contributed by atoms with Crippen molar-refractivity contribution in [3.8, 4) is 5.75 Å². The number of thioether (sulfide) groups is 1. The summed E-state index contributed by atoms with van der Waals surface area (Å²) in [7, 11) is 0. The molecule has 2 aromatic carbocycles. The molecular formula is C22H23ClF2N4O2S. The van der Waals surface area contributed by atoms with Gasteiger partial charge < -0.3 is 14.6 Å². The van der Waals surface area contributed by atoms with E-state index in [2.05, 4.69) is 15.5 Å². The van der Waals surface area contributed by atoms with Crippen LogP contribution >= 0.6 is 23.4 Å². The zero-order chi connectivity index (χ0) is 23.3. The first-order valence-electron chi connectivity index (χ1n) is 10.1. The number of nitrogens with one attached hydrogen (secondary N) is 1. The molecule has 0 aliphatic carbocycles. The van der Waals surface area contributed by atoms with Gasteiger partial charge in [-0.1, -0.05) is 42.4 Å². The van der Waals surface area contributed by atoms with Crippen LogP contribution < -0.4 is 10.1 Å². The molecule has 1 N–H and O–H groups in total. The van der Waals surface area contributed by atoms with Gasteiger partial charge in [-0.3, -0.25) is 4.79 Å². The van der Waals surface area contributed by atoms with Crippen LogP contribution in [0.2, 0.25) is 5.02 Å². The number of amides is 1. The molecule has 0 radical (unpaired) electrons. The number of ether oxygens (including phenoxy) is 1. The molecule has 0 aliphatic rings. The summed E-state index contributed by atoms with van der Waals surface area (Å²) < 4.78 is 34.8. The highest BCUT2D eigenvalue weighted by molar-refractivity contribution is 8.00. The molecule has 0 aliphatic heterocycles. The van der Waals surface area contributed by atoms with Crippen LogP contribution in [0.15, 0.2) is 47.6 Å². The summed E-state index contributed by atoms with van der Waals surface area (Å²) in [5, 5.41) is 11.5. The summed E-state index contributed by atoms with van der Waals surface area (Å²) >= 11 is 7.40. The number of hydrogen-bond donors (Lipinski definition) is 1. The number of carbonyl (C=O) groups excluding carboxylic acids is 1. The second-order valence-electron chi connectivity index (χ2n) is 6.90. The molecule has 32 heavy (non-hydrogen) atoms. The molecule has 0 saturated carbocycles. The minimum absolute atomic E-state index is 0.0742. The standard InChI is InChI=1S/C22H23ClF2N4O2S/c1-4-19(21(30)26-17-11-10-14(24)12-16(17)25)32-22-28-27-20(29(22)5-2)13(3)31-18-9-7-6-8-15(18)23/h6-13,19H,4-5H2,1-3H3,(H,26,30). The van der Waals surface area contributed by atoms with E-state index >= 15 is 0 Å². The van der Waals surface area contributed by atoms with E-state index in [-0.39, 0.29) is 5.69 Å². The van der Waals surface area contributed by atoms with Crippen LogP contribution in [0.25, 0.3) is 0 Å². The third-order valence-electron chi connectivity index (χ3n) is 4.67. The minimum atomic E-state index is -0.831. The van der Waals surface area contributed by atoms with Gasteiger partial charge in [0.15, 0.2) is 17.1 Å². The van der Waals surface area contributed by atoms with Crippen molar-refractivity contribution in [3.63, 3.8) is 0 Å². The zero-order valence-electron chi connectivity index (χ0n) is 17.8. The normalized spacial score (nSPS) is 12.9. The van der Waals surface area contributed by atoms with Crippen molar-refractivity contribution in [2.24, 2.45) is 0 Å². The smallest absolute Gasteiger partial charge is 0.238 e. The molecule has 2 unspecified atom stereocenters. The van der Waals surface area contributed by atoms with Gasteiger partial charge in [-0.25, -0.2) is 8.78 Å². The predicted octanol–water partition coefficient (Wildman–Crippen LogP) is 5.88. The summed E-state index contributed by atoms with van der Waals surface area (Å²) in [6.07, 6.45) is 0.0376. The van der Waals surface area contributed by atoms with Crippen LogP contribution in [0.1, 0.15) is 39.1 Å². The van der Waals surface area contributed by atoms with Crippen LogP contribution in [-0.2, 0) is 11.3 Å². The van der Waals surface area contributed by atoms with E-state index in [1.54, 1.807) is 12.1 Å². The second kappa shape index (κ2) is 10.8. The molecule has 0 bridgehead atoms. The van der Waals surface area contributed by atoms with Crippen molar-refractivity contribution in [1.29, 1.82) is 0 Å². The average molecular weight is 481 g/mol. The Morgan fingerprint density at radius 3 is 2.62 bits per heavy atom. The first kappa shape index (κ1) is 24.0.